The van der Waals surface area contributed by atoms with Crippen molar-refractivity contribution in [2.24, 2.45) is 0 Å². The highest BCUT2D eigenvalue weighted by atomic mass is 32.2. The highest BCUT2D eigenvalue weighted by molar-refractivity contribution is 7.84. The Morgan fingerprint density at radius 2 is 2.33 bits per heavy atom. The van der Waals surface area contributed by atoms with Crippen LogP contribution >= 0.6 is 0 Å². The molecule has 0 rings (SSSR count). The monoisotopic (exact) mass is 119 g/mol. The lowest BCUT2D eigenvalue weighted by atomic mass is 11.0. The van der Waals surface area contributed by atoms with E-state index in [1.165, 1.54) is 0 Å². The first-order chi connectivity index (χ1) is 2.77. The van der Waals surface area contributed by atoms with E-state index in [0.717, 1.165) is 11.8 Å². The molecule has 0 spiro atoms. The van der Waals surface area contributed by atoms with Gasteiger partial charge in [0.2, 0.25) is 0 Å². The maximum Gasteiger partial charge on any atom is 0.0233 e. The minimum atomic E-state index is -0.614. The lowest BCUT2D eigenvalue weighted by Gasteiger charge is -1.82. The molecule has 0 bridgehead atoms. The molecule has 0 aliphatic rings. The molecule has 0 fully saturated rings. The van der Waals surface area contributed by atoms with Crippen LogP contribution < -0.4 is 0 Å². The van der Waals surface area contributed by atoms with E-state index in [0.29, 0.717) is 0 Å². The van der Waals surface area contributed by atoms with E-state index in [1.807, 2.05) is 0 Å². The van der Waals surface area contributed by atoms with Crippen molar-refractivity contribution in [2.45, 2.75) is 6.04 Å². The fraction of sp³-hybridized carbons (Fsp3) is 1.00. The summed E-state index contributed by atoms with van der Waals surface area (Å²) in [6.45, 7) is 0. The third-order valence-electron chi connectivity index (χ3n) is 0.390. The van der Waals surface area contributed by atoms with Gasteiger partial charge in [0.25, 0.3) is 0 Å². The second kappa shape index (κ2) is 3.55. The van der Waals surface area contributed by atoms with Crippen LogP contribution in [0.1, 0.15) is 0 Å². The Hall–Kier alpha value is 0.367. The largest absolute Gasteiger partial charge is 0.260 e. The van der Waals surface area contributed by atoms with E-state index in [2.05, 4.69) is 10.2 Å². The van der Waals surface area contributed by atoms with Gasteiger partial charge in [-0.1, -0.05) is 6.04 Å². The average molecular weight is 119 g/mol. The summed E-state index contributed by atoms with van der Waals surface area (Å²) in [6.07, 6.45) is 1.69. The molecule has 0 aromatic heterocycles. The van der Waals surface area contributed by atoms with E-state index in [9.17, 15) is 4.21 Å². The first-order valence-corrected chi connectivity index (χ1v) is 4.15. The number of hydrogen-bond donors (Lipinski definition) is 0. The van der Waals surface area contributed by atoms with Crippen LogP contribution in [-0.2, 0) is 10.8 Å². The smallest absolute Gasteiger partial charge is 0.0233 e. The quantitative estimate of drug-likeness (QED) is 0.466. The number of rotatable bonds is 2. The standard InChI is InChI=1S/C3H7OSSi/c1-5(4)2-3-6/h2-3H2,1H3. The van der Waals surface area contributed by atoms with Gasteiger partial charge in [-0.05, 0) is 0 Å². The van der Waals surface area contributed by atoms with Crippen molar-refractivity contribution < 1.29 is 4.21 Å². The van der Waals surface area contributed by atoms with Crippen LogP contribution in [0, 0.1) is 0 Å². The normalized spacial score (nSPS) is 14.3. The highest BCUT2D eigenvalue weighted by Crippen LogP contribution is 1.75. The van der Waals surface area contributed by atoms with E-state index in [1.54, 1.807) is 6.26 Å². The molecule has 0 aromatic rings. The Balaban J connectivity index is 2.83. The van der Waals surface area contributed by atoms with Gasteiger partial charge >= 0.3 is 0 Å². The molecule has 6 heavy (non-hydrogen) atoms. The zero-order chi connectivity index (χ0) is 4.99. The molecule has 35 valence electrons. The van der Waals surface area contributed by atoms with Crippen LogP contribution in [0.2, 0.25) is 6.04 Å². The molecule has 0 saturated heterocycles. The number of hydrogen-bond acceptors (Lipinski definition) is 1. The molecule has 1 nitrogen and oxygen atoms in total. The summed E-state index contributed by atoms with van der Waals surface area (Å²) in [7, 11) is 2.58. The van der Waals surface area contributed by atoms with E-state index >= 15 is 0 Å². The third-order valence-corrected chi connectivity index (χ3v) is 1.78. The van der Waals surface area contributed by atoms with Crippen LogP contribution in [0.5, 0.6) is 0 Å². The summed E-state index contributed by atoms with van der Waals surface area (Å²) < 4.78 is 10.1. The van der Waals surface area contributed by atoms with Crippen LogP contribution in [0.3, 0.4) is 0 Å². The van der Waals surface area contributed by atoms with Crippen molar-refractivity contribution in [2.75, 3.05) is 12.0 Å². The van der Waals surface area contributed by atoms with Crippen LogP contribution in [-0.4, -0.2) is 26.5 Å². The van der Waals surface area contributed by atoms with Gasteiger partial charge in [-0.25, -0.2) is 0 Å². The average Bonchev–Trinajstić information content (AvgIpc) is 1.35. The Bertz CT molecular complexity index is 54.8. The first kappa shape index (κ1) is 6.37. The minimum absolute atomic E-state index is 0.614. The lowest BCUT2D eigenvalue weighted by Crippen LogP contribution is -1.90. The third kappa shape index (κ3) is 4.37. The molecule has 0 N–H and O–H groups in total. The topological polar surface area (TPSA) is 17.1 Å². The van der Waals surface area contributed by atoms with Crippen molar-refractivity contribution in [3.05, 3.63) is 0 Å². The maximum atomic E-state index is 10.1. The summed E-state index contributed by atoms with van der Waals surface area (Å²) in [5.41, 5.74) is 0. The van der Waals surface area contributed by atoms with Gasteiger partial charge in [-0.15, -0.1) is 0 Å². The predicted molar refractivity (Wildman–Crippen MR) is 29.5 cm³/mol. The Kier molecular flexibility index (Phi) is 3.77. The molecule has 0 aliphatic heterocycles. The summed E-state index contributed by atoms with van der Waals surface area (Å²) in [5.74, 6) is 0.761. The van der Waals surface area contributed by atoms with Crippen molar-refractivity contribution in [3.8, 4) is 0 Å². The summed E-state index contributed by atoms with van der Waals surface area (Å²) in [4.78, 5) is 0. The first-order valence-electron chi connectivity index (χ1n) is 1.72. The fourth-order valence-corrected chi connectivity index (χ4v) is 1.29. The van der Waals surface area contributed by atoms with Crippen LogP contribution in [0.25, 0.3) is 0 Å². The van der Waals surface area contributed by atoms with Crippen molar-refractivity contribution >= 4 is 21.0 Å². The SMILES string of the molecule is CS(=O)CC[Si]. The van der Waals surface area contributed by atoms with Gasteiger partial charge < -0.3 is 0 Å². The second-order valence-corrected chi connectivity index (χ2v) is 3.08. The van der Waals surface area contributed by atoms with Crippen molar-refractivity contribution in [1.29, 1.82) is 0 Å². The summed E-state index contributed by atoms with van der Waals surface area (Å²) >= 11 is 0. The van der Waals surface area contributed by atoms with Gasteiger partial charge in [0.1, 0.15) is 0 Å². The zero-order valence-corrected chi connectivity index (χ0v) is 5.55. The van der Waals surface area contributed by atoms with Gasteiger partial charge in [0.15, 0.2) is 0 Å². The molecular formula is C3H7OSSi. The molecule has 0 heterocycles. The molecule has 1 atom stereocenters. The minimum Gasteiger partial charge on any atom is -0.260 e. The van der Waals surface area contributed by atoms with Gasteiger partial charge in [-0.2, -0.15) is 0 Å². The van der Waals surface area contributed by atoms with Crippen LogP contribution in [0.4, 0.5) is 0 Å². The molecule has 0 aliphatic carbocycles. The summed E-state index contributed by atoms with van der Waals surface area (Å²) in [5, 5.41) is 0. The zero-order valence-electron chi connectivity index (χ0n) is 3.73. The summed E-state index contributed by atoms with van der Waals surface area (Å²) in [6, 6.07) is 0.836. The molecule has 1 unspecified atom stereocenters. The molecule has 3 heteroatoms. The van der Waals surface area contributed by atoms with E-state index < -0.39 is 10.8 Å². The Morgan fingerprint density at radius 1 is 1.83 bits per heavy atom. The second-order valence-electron chi connectivity index (χ2n) is 1.03. The van der Waals surface area contributed by atoms with Crippen molar-refractivity contribution in [1.82, 2.24) is 0 Å². The van der Waals surface area contributed by atoms with E-state index in [4.69, 9.17) is 0 Å². The van der Waals surface area contributed by atoms with Gasteiger partial charge in [-0.3, -0.25) is 4.21 Å². The van der Waals surface area contributed by atoms with Gasteiger partial charge in [0.05, 0.1) is 0 Å². The fourth-order valence-electron chi connectivity index (χ4n) is 0.144. The van der Waals surface area contributed by atoms with Crippen molar-refractivity contribution in [3.63, 3.8) is 0 Å². The van der Waals surface area contributed by atoms with E-state index in [-0.39, 0.29) is 0 Å². The molecule has 0 saturated carbocycles. The van der Waals surface area contributed by atoms with Gasteiger partial charge in [0, 0.05) is 33.1 Å². The van der Waals surface area contributed by atoms with Crippen LogP contribution in [0.15, 0.2) is 0 Å². The lowest BCUT2D eigenvalue weighted by molar-refractivity contribution is 0.687. The molecule has 0 aromatic carbocycles. The Morgan fingerprint density at radius 3 is 2.33 bits per heavy atom. The molecule has 0 amide bonds. The predicted octanol–water partition coefficient (Wildman–Crippen LogP) is -0.0483. The molecular weight excluding hydrogens is 112 g/mol. The highest BCUT2D eigenvalue weighted by Gasteiger charge is 1.81. The maximum absolute atomic E-state index is 10.1. The Labute approximate surface area is 44.0 Å². The molecule has 3 radical (unpaired) electrons.